The summed E-state index contributed by atoms with van der Waals surface area (Å²) in [5, 5.41) is 0. The smallest absolute Gasteiger partial charge is 0.0404 e. The van der Waals surface area contributed by atoms with Gasteiger partial charge in [0.05, 0.1) is 0 Å². The summed E-state index contributed by atoms with van der Waals surface area (Å²) >= 11 is 0. The highest BCUT2D eigenvalue weighted by Gasteiger charge is 2.26. The third-order valence-electron chi connectivity index (χ3n) is 4.60. The molecule has 1 unspecified atom stereocenters. The van der Waals surface area contributed by atoms with E-state index in [0.717, 1.165) is 0 Å². The van der Waals surface area contributed by atoms with E-state index in [0.29, 0.717) is 12.0 Å². The van der Waals surface area contributed by atoms with Crippen molar-refractivity contribution in [2.75, 3.05) is 11.9 Å². The molecule has 0 aliphatic heterocycles. The van der Waals surface area contributed by atoms with Gasteiger partial charge in [-0.05, 0) is 49.4 Å². The summed E-state index contributed by atoms with van der Waals surface area (Å²) in [6.07, 6.45) is 2.45. The first-order valence-electron chi connectivity index (χ1n) is 7.58. The first-order valence-corrected chi connectivity index (χ1v) is 7.58. The van der Waals surface area contributed by atoms with Gasteiger partial charge in [-0.1, -0.05) is 42.5 Å². The van der Waals surface area contributed by atoms with Crippen LogP contribution in [0.4, 0.5) is 5.69 Å². The molecule has 1 atom stereocenters. The Morgan fingerprint density at radius 1 is 0.950 bits per heavy atom. The lowest BCUT2D eigenvalue weighted by Gasteiger charge is -2.28. The van der Waals surface area contributed by atoms with E-state index >= 15 is 0 Å². The molecule has 0 bridgehead atoms. The topological polar surface area (TPSA) is 3.24 Å². The van der Waals surface area contributed by atoms with Gasteiger partial charge in [0.2, 0.25) is 0 Å². The number of hydrogen-bond donors (Lipinski definition) is 0. The number of anilines is 1. The highest BCUT2D eigenvalue weighted by molar-refractivity contribution is 5.59. The number of para-hydroxylation sites is 1. The highest BCUT2D eigenvalue weighted by Crippen LogP contribution is 2.41. The molecule has 0 fully saturated rings. The van der Waals surface area contributed by atoms with Crippen molar-refractivity contribution < 1.29 is 0 Å². The van der Waals surface area contributed by atoms with Gasteiger partial charge in [-0.25, -0.2) is 0 Å². The number of rotatable bonds is 3. The van der Waals surface area contributed by atoms with Crippen LogP contribution >= 0.6 is 0 Å². The van der Waals surface area contributed by atoms with E-state index in [1.165, 1.54) is 35.2 Å². The van der Waals surface area contributed by atoms with Gasteiger partial charge in [-0.15, -0.1) is 0 Å². The van der Waals surface area contributed by atoms with Crippen LogP contribution in [0.3, 0.4) is 0 Å². The summed E-state index contributed by atoms with van der Waals surface area (Å²) in [5.41, 5.74) is 5.91. The summed E-state index contributed by atoms with van der Waals surface area (Å²) < 4.78 is 0. The van der Waals surface area contributed by atoms with Gasteiger partial charge in [0.25, 0.3) is 0 Å². The Kier molecular flexibility index (Phi) is 3.52. The SMILES string of the molecule is CC(C)N(C)c1ccccc1C1CCc2ccccc21. The van der Waals surface area contributed by atoms with Crippen molar-refractivity contribution in [2.24, 2.45) is 0 Å². The highest BCUT2D eigenvalue weighted by atomic mass is 15.1. The molecule has 0 N–H and O–H groups in total. The first-order chi connectivity index (χ1) is 9.68. The fourth-order valence-electron chi connectivity index (χ4n) is 3.26. The number of nitrogens with zero attached hydrogens (tertiary/aromatic N) is 1. The Bertz CT molecular complexity index is 600. The average molecular weight is 265 g/mol. The van der Waals surface area contributed by atoms with Crippen LogP contribution in [0.5, 0.6) is 0 Å². The molecule has 0 spiro atoms. The monoisotopic (exact) mass is 265 g/mol. The quantitative estimate of drug-likeness (QED) is 0.783. The standard InChI is InChI=1S/C19H23N/c1-14(2)20(3)19-11-7-6-10-18(19)17-13-12-15-8-4-5-9-16(15)17/h4-11,14,17H,12-13H2,1-3H3. The van der Waals surface area contributed by atoms with Crippen molar-refractivity contribution >= 4 is 5.69 Å². The molecule has 1 heteroatoms. The molecule has 0 saturated carbocycles. The molecular weight excluding hydrogens is 242 g/mol. The second-order valence-corrected chi connectivity index (χ2v) is 6.05. The molecule has 20 heavy (non-hydrogen) atoms. The van der Waals surface area contributed by atoms with E-state index in [9.17, 15) is 0 Å². The Morgan fingerprint density at radius 3 is 2.35 bits per heavy atom. The molecule has 0 heterocycles. The molecular formula is C19H23N. The zero-order valence-electron chi connectivity index (χ0n) is 12.6. The van der Waals surface area contributed by atoms with Crippen LogP contribution in [0.2, 0.25) is 0 Å². The molecule has 1 aliphatic rings. The minimum Gasteiger partial charge on any atom is -0.372 e. The predicted molar refractivity (Wildman–Crippen MR) is 86.6 cm³/mol. The van der Waals surface area contributed by atoms with E-state index in [2.05, 4.69) is 74.3 Å². The van der Waals surface area contributed by atoms with Crippen LogP contribution in [0.15, 0.2) is 48.5 Å². The van der Waals surface area contributed by atoms with Crippen molar-refractivity contribution in [3.8, 4) is 0 Å². The van der Waals surface area contributed by atoms with Crippen LogP contribution < -0.4 is 4.90 Å². The van der Waals surface area contributed by atoms with Gasteiger partial charge in [0, 0.05) is 24.7 Å². The molecule has 0 aromatic heterocycles. The lowest BCUT2D eigenvalue weighted by molar-refractivity contribution is 0.732. The number of hydrogen-bond acceptors (Lipinski definition) is 1. The van der Waals surface area contributed by atoms with Gasteiger partial charge >= 0.3 is 0 Å². The van der Waals surface area contributed by atoms with Gasteiger partial charge in [-0.3, -0.25) is 0 Å². The normalized spacial score (nSPS) is 17.3. The van der Waals surface area contributed by atoms with Crippen LogP contribution in [-0.4, -0.2) is 13.1 Å². The Labute approximate surface area is 122 Å². The van der Waals surface area contributed by atoms with Crippen molar-refractivity contribution in [1.82, 2.24) is 0 Å². The average Bonchev–Trinajstić information content (AvgIpc) is 2.90. The second kappa shape index (κ2) is 5.32. The molecule has 0 amide bonds. The van der Waals surface area contributed by atoms with Gasteiger partial charge in [-0.2, -0.15) is 0 Å². The third-order valence-corrected chi connectivity index (χ3v) is 4.60. The fraction of sp³-hybridized carbons (Fsp3) is 0.368. The van der Waals surface area contributed by atoms with E-state index in [1.54, 1.807) is 0 Å². The second-order valence-electron chi connectivity index (χ2n) is 6.05. The van der Waals surface area contributed by atoms with Crippen molar-refractivity contribution in [3.63, 3.8) is 0 Å². The summed E-state index contributed by atoms with van der Waals surface area (Å²) in [5.74, 6) is 0.559. The molecule has 104 valence electrons. The number of fused-ring (bicyclic) bond motifs is 1. The largest absolute Gasteiger partial charge is 0.372 e. The Hall–Kier alpha value is -1.76. The zero-order chi connectivity index (χ0) is 14.1. The maximum atomic E-state index is 2.39. The lowest BCUT2D eigenvalue weighted by Crippen LogP contribution is -2.27. The zero-order valence-corrected chi connectivity index (χ0v) is 12.6. The van der Waals surface area contributed by atoms with E-state index in [4.69, 9.17) is 0 Å². The van der Waals surface area contributed by atoms with Gasteiger partial charge in [0.15, 0.2) is 0 Å². The van der Waals surface area contributed by atoms with Gasteiger partial charge in [0.1, 0.15) is 0 Å². The maximum absolute atomic E-state index is 2.39. The summed E-state index contributed by atoms with van der Waals surface area (Å²) in [7, 11) is 2.20. The van der Waals surface area contributed by atoms with Crippen molar-refractivity contribution in [2.45, 2.75) is 38.6 Å². The summed E-state index contributed by atoms with van der Waals surface area (Å²) in [6.45, 7) is 4.50. The third kappa shape index (κ3) is 2.22. The van der Waals surface area contributed by atoms with Crippen LogP contribution in [-0.2, 0) is 6.42 Å². The van der Waals surface area contributed by atoms with Gasteiger partial charge < -0.3 is 4.90 Å². The van der Waals surface area contributed by atoms with E-state index < -0.39 is 0 Å². The number of aryl methyl sites for hydroxylation is 1. The van der Waals surface area contributed by atoms with Crippen molar-refractivity contribution in [1.29, 1.82) is 0 Å². The first kappa shape index (κ1) is 13.2. The summed E-state index contributed by atoms with van der Waals surface area (Å²) in [4.78, 5) is 2.39. The summed E-state index contributed by atoms with van der Waals surface area (Å²) in [6, 6.07) is 18.3. The molecule has 0 radical (unpaired) electrons. The molecule has 3 rings (SSSR count). The van der Waals surface area contributed by atoms with E-state index in [1.807, 2.05) is 0 Å². The van der Waals surface area contributed by atoms with Crippen molar-refractivity contribution in [3.05, 3.63) is 65.2 Å². The molecule has 2 aromatic rings. The maximum Gasteiger partial charge on any atom is 0.0404 e. The molecule has 1 aliphatic carbocycles. The fourth-order valence-corrected chi connectivity index (χ4v) is 3.26. The predicted octanol–water partition coefficient (Wildman–Crippen LogP) is 4.61. The minimum absolute atomic E-state index is 0.521. The van der Waals surface area contributed by atoms with Crippen LogP contribution in [0.1, 0.15) is 42.9 Å². The van der Waals surface area contributed by atoms with Crippen LogP contribution in [0, 0.1) is 0 Å². The lowest BCUT2D eigenvalue weighted by atomic mass is 9.91. The Morgan fingerprint density at radius 2 is 1.60 bits per heavy atom. The molecule has 0 saturated heterocycles. The van der Waals surface area contributed by atoms with E-state index in [-0.39, 0.29) is 0 Å². The molecule has 2 aromatic carbocycles. The minimum atomic E-state index is 0.521. The molecule has 1 nitrogen and oxygen atoms in total. The Balaban J connectivity index is 2.04. The van der Waals surface area contributed by atoms with Crippen LogP contribution in [0.25, 0.3) is 0 Å². The number of benzene rings is 2.